The van der Waals surface area contributed by atoms with Crippen molar-refractivity contribution in [2.45, 2.75) is 6.42 Å². The van der Waals surface area contributed by atoms with E-state index in [9.17, 15) is 9.13 Å². The molecule has 0 amide bonds. The fourth-order valence-corrected chi connectivity index (χ4v) is 3.67. The van der Waals surface area contributed by atoms with Crippen molar-refractivity contribution in [2.75, 3.05) is 37.9 Å². The number of nitrogens with zero attached hydrogens (tertiary/aromatic N) is 1. The molecule has 0 heterocycles. The highest BCUT2D eigenvalue weighted by atomic mass is 31.2. The minimum Gasteiger partial charge on any atom is -0.399 e. The van der Waals surface area contributed by atoms with E-state index in [0.29, 0.717) is 18.8 Å². The molecule has 11 heteroatoms. The minimum absolute atomic E-state index is 0.123. The van der Waals surface area contributed by atoms with Crippen LogP contribution < -0.4 is 11.1 Å². The predicted octanol–water partition coefficient (Wildman–Crippen LogP) is -0.0267. The molecule has 0 unspecified atom stereocenters. The van der Waals surface area contributed by atoms with E-state index in [0.717, 1.165) is 16.9 Å². The lowest BCUT2D eigenvalue weighted by Crippen LogP contribution is -2.34. The first-order valence-electron chi connectivity index (χ1n) is 6.92. The number of anilines is 1. The highest BCUT2D eigenvalue weighted by molar-refractivity contribution is 7.52. The third-order valence-electron chi connectivity index (χ3n) is 2.94. The molecule has 0 aliphatic heterocycles. The molecule has 0 saturated carbocycles. The van der Waals surface area contributed by atoms with Crippen molar-refractivity contribution in [3.8, 4) is 0 Å². The number of nitrogens with two attached hydrogens (primary N) is 1. The molecule has 9 nitrogen and oxygen atoms in total. The molecule has 0 aromatic heterocycles. The SMILES string of the molecule is Nc1ccc(CCNCCN(CP(=O)(O)O)CP(=O)(O)O)cc1. The summed E-state index contributed by atoms with van der Waals surface area (Å²) < 4.78 is 22.0. The van der Waals surface area contributed by atoms with Gasteiger partial charge in [-0.25, -0.2) is 0 Å². The largest absolute Gasteiger partial charge is 0.399 e. The highest BCUT2D eigenvalue weighted by Crippen LogP contribution is 2.40. The minimum atomic E-state index is -4.37. The summed E-state index contributed by atoms with van der Waals surface area (Å²) in [6, 6.07) is 7.42. The monoisotopic (exact) mass is 367 g/mol. The highest BCUT2D eigenvalue weighted by Gasteiger charge is 2.25. The summed E-state index contributed by atoms with van der Waals surface area (Å²) in [5, 5.41) is 3.07. The zero-order valence-electron chi connectivity index (χ0n) is 12.6. The van der Waals surface area contributed by atoms with E-state index in [1.807, 2.05) is 12.1 Å². The van der Waals surface area contributed by atoms with Crippen molar-refractivity contribution in [3.05, 3.63) is 29.8 Å². The van der Waals surface area contributed by atoms with Gasteiger partial charge in [0.15, 0.2) is 0 Å². The summed E-state index contributed by atoms with van der Waals surface area (Å²) >= 11 is 0. The summed E-state index contributed by atoms with van der Waals surface area (Å²) in [7, 11) is -8.75. The number of benzene rings is 1. The molecular weight excluding hydrogens is 344 g/mol. The molecule has 0 aliphatic carbocycles. The summed E-state index contributed by atoms with van der Waals surface area (Å²) in [6.45, 7) is 1.11. The van der Waals surface area contributed by atoms with E-state index in [-0.39, 0.29) is 6.54 Å². The molecule has 1 aromatic rings. The fourth-order valence-electron chi connectivity index (χ4n) is 1.99. The Morgan fingerprint density at radius 2 is 1.48 bits per heavy atom. The molecule has 0 aliphatic rings. The van der Waals surface area contributed by atoms with Crippen molar-refractivity contribution < 1.29 is 28.7 Å². The molecule has 0 radical (unpaired) electrons. The lowest BCUT2D eigenvalue weighted by Gasteiger charge is -2.23. The Balaban J connectivity index is 2.35. The topological polar surface area (TPSA) is 156 Å². The lowest BCUT2D eigenvalue weighted by molar-refractivity contribution is 0.277. The molecule has 0 bridgehead atoms. The molecule has 0 atom stereocenters. The van der Waals surface area contributed by atoms with Gasteiger partial charge in [-0.3, -0.25) is 14.0 Å². The standard InChI is InChI=1S/C12H23N3O6P2/c13-12-3-1-11(2-4-12)5-6-14-7-8-15(9-22(16,17)18)10-23(19,20)21/h1-4,14H,5-10,13H2,(H2,16,17,18)(H2,19,20,21). The number of hydrogen-bond acceptors (Lipinski definition) is 5. The summed E-state index contributed by atoms with van der Waals surface area (Å²) in [4.78, 5) is 36.8. The van der Waals surface area contributed by atoms with Crippen LogP contribution in [0, 0.1) is 0 Å². The molecule has 0 spiro atoms. The van der Waals surface area contributed by atoms with Crippen LogP contribution >= 0.6 is 15.2 Å². The van der Waals surface area contributed by atoms with E-state index < -0.39 is 27.8 Å². The summed E-state index contributed by atoms with van der Waals surface area (Å²) in [5.74, 6) is 0. The Labute approximate surface area is 134 Å². The molecule has 0 saturated heterocycles. The van der Waals surface area contributed by atoms with Crippen LogP contribution in [0.4, 0.5) is 5.69 Å². The molecular formula is C12H23N3O6P2. The normalized spacial score (nSPS) is 12.7. The van der Waals surface area contributed by atoms with Gasteiger partial charge in [-0.05, 0) is 30.7 Å². The molecule has 23 heavy (non-hydrogen) atoms. The Morgan fingerprint density at radius 1 is 0.957 bits per heavy atom. The molecule has 7 N–H and O–H groups in total. The first kappa shape index (κ1) is 20.3. The molecule has 0 fully saturated rings. The predicted molar refractivity (Wildman–Crippen MR) is 88.0 cm³/mol. The Kier molecular flexibility index (Phi) is 7.86. The Bertz CT molecular complexity index is 547. The van der Waals surface area contributed by atoms with Crippen molar-refractivity contribution in [2.24, 2.45) is 0 Å². The second-order valence-corrected chi connectivity index (χ2v) is 8.47. The van der Waals surface area contributed by atoms with Gasteiger partial charge in [0.05, 0.1) is 0 Å². The Hall–Kier alpha value is -0.760. The quantitative estimate of drug-likeness (QED) is 0.190. The van der Waals surface area contributed by atoms with Gasteiger partial charge < -0.3 is 30.6 Å². The summed E-state index contributed by atoms with van der Waals surface area (Å²) in [6.07, 6.45) is -0.618. The van der Waals surface area contributed by atoms with E-state index in [4.69, 9.17) is 25.3 Å². The van der Waals surface area contributed by atoms with Crippen molar-refractivity contribution in [1.82, 2.24) is 10.2 Å². The second kappa shape index (κ2) is 8.92. The molecule has 132 valence electrons. The van der Waals surface area contributed by atoms with Crippen molar-refractivity contribution >= 4 is 20.9 Å². The van der Waals surface area contributed by atoms with E-state index >= 15 is 0 Å². The zero-order chi connectivity index (χ0) is 17.5. The van der Waals surface area contributed by atoms with Gasteiger partial charge in [-0.1, -0.05) is 12.1 Å². The van der Waals surface area contributed by atoms with E-state index in [1.165, 1.54) is 0 Å². The number of nitrogens with one attached hydrogen (secondary N) is 1. The average Bonchev–Trinajstić information content (AvgIpc) is 2.36. The van der Waals surface area contributed by atoms with Gasteiger partial charge in [0.1, 0.15) is 12.6 Å². The van der Waals surface area contributed by atoms with Crippen LogP contribution in [0.2, 0.25) is 0 Å². The molecule has 1 rings (SSSR count). The third-order valence-corrected chi connectivity index (χ3v) is 4.48. The zero-order valence-corrected chi connectivity index (χ0v) is 14.4. The van der Waals surface area contributed by atoms with Gasteiger partial charge in [0, 0.05) is 18.8 Å². The van der Waals surface area contributed by atoms with Crippen LogP contribution in [0.5, 0.6) is 0 Å². The number of rotatable bonds is 10. The van der Waals surface area contributed by atoms with Crippen LogP contribution in [0.25, 0.3) is 0 Å². The van der Waals surface area contributed by atoms with E-state index in [2.05, 4.69) is 5.32 Å². The van der Waals surface area contributed by atoms with Crippen molar-refractivity contribution in [3.63, 3.8) is 0 Å². The first-order chi connectivity index (χ1) is 10.6. The van der Waals surface area contributed by atoms with Gasteiger partial charge in [0.25, 0.3) is 0 Å². The maximum Gasteiger partial charge on any atom is 0.339 e. The first-order valence-corrected chi connectivity index (χ1v) is 10.5. The fraction of sp³-hybridized carbons (Fsp3) is 0.500. The van der Waals surface area contributed by atoms with E-state index in [1.54, 1.807) is 12.1 Å². The second-order valence-electron chi connectivity index (χ2n) is 5.25. The van der Waals surface area contributed by atoms with Crippen LogP contribution in [0.15, 0.2) is 24.3 Å². The van der Waals surface area contributed by atoms with Gasteiger partial charge in [-0.15, -0.1) is 0 Å². The Morgan fingerprint density at radius 3 is 1.96 bits per heavy atom. The van der Waals surface area contributed by atoms with Crippen LogP contribution in [0.3, 0.4) is 0 Å². The maximum atomic E-state index is 11.0. The van der Waals surface area contributed by atoms with Gasteiger partial charge >= 0.3 is 15.2 Å². The van der Waals surface area contributed by atoms with Crippen LogP contribution in [0.1, 0.15) is 5.56 Å². The van der Waals surface area contributed by atoms with Crippen molar-refractivity contribution in [1.29, 1.82) is 0 Å². The van der Waals surface area contributed by atoms with Gasteiger partial charge in [-0.2, -0.15) is 0 Å². The van der Waals surface area contributed by atoms with Crippen LogP contribution in [-0.4, -0.2) is 56.7 Å². The maximum absolute atomic E-state index is 11.0. The number of nitrogen functional groups attached to an aromatic ring is 1. The van der Waals surface area contributed by atoms with Crippen LogP contribution in [-0.2, 0) is 15.6 Å². The lowest BCUT2D eigenvalue weighted by atomic mass is 10.1. The molecule has 1 aromatic carbocycles. The third kappa shape index (κ3) is 10.6. The summed E-state index contributed by atoms with van der Waals surface area (Å²) in [5.41, 5.74) is 7.37. The number of hydrogen-bond donors (Lipinski definition) is 6. The van der Waals surface area contributed by atoms with Gasteiger partial charge in [0.2, 0.25) is 0 Å². The smallest absolute Gasteiger partial charge is 0.339 e. The average molecular weight is 367 g/mol.